The number of urea groups is 1. The van der Waals surface area contributed by atoms with Crippen molar-refractivity contribution in [1.29, 1.82) is 0 Å². The Morgan fingerprint density at radius 2 is 2.10 bits per heavy atom. The van der Waals surface area contributed by atoms with E-state index in [-0.39, 0.29) is 12.6 Å². The number of aliphatic hydroxyl groups excluding tert-OH is 1. The van der Waals surface area contributed by atoms with Crippen LogP contribution in [0.4, 0.5) is 4.79 Å². The molecule has 2 unspecified atom stereocenters. The largest absolute Gasteiger partial charge is 0.480 e. The molecule has 122 valence electrons. The maximum atomic E-state index is 12.3. The number of β-amino-alcohol motifs (C(OH)–C–C–N with tert-alkyl or cyclic N) is 1. The first kappa shape index (κ1) is 17.7. The summed E-state index contributed by atoms with van der Waals surface area (Å²) in [7, 11) is 3.81. The molecule has 0 spiro atoms. The van der Waals surface area contributed by atoms with E-state index < -0.39 is 24.1 Å². The normalized spacial score (nSPS) is 23.4. The number of rotatable bonds is 7. The molecule has 1 aliphatic rings. The zero-order valence-corrected chi connectivity index (χ0v) is 13.1. The van der Waals surface area contributed by atoms with Gasteiger partial charge in [0.25, 0.3) is 0 Å². The minimum atomic E-state index is -1.01. The molecule has 21 heavy (non-hydrogen) atoms. The van der Waals surface area contributed by atoms with Crippen molar-refractivity contribution < 1.29 is 19.8 Å². The number of aliphatic carboxylic acids is 1. The third kappa shape index (κ3) is 5.51. The molecule has 0 aromatic carbocycles. The fraction of sp³-hybridized carbons (Fsp3) is 0.857. The van der Waals surface area contributed by atoms with E-state index in [0.717, 1.165) is 12.8 Å². The van der Waals surface area contributed by atoms with Crippen molar-refractivity contribution in [3.63, 3.8) is 0 Å². The molecule has 1 fully saturated rings. The van der Waals surface area contributed by atoms with Crippen molar-refractivity contribution in [1.82, 2.24) is 15.1 Å². The highest BCUT2D eigenvalue weighted by atomic mass is 16.4. The van der Waals surface area contributed by atoms with E-state index in [2.05, 4.69) is 5.32 Å². The van der Waals surface area contributed by atoms with Crippen LogP contribution in [0.25, 0.3) is 0 Å². The predicted molar refractivity (Wildman–Crippen MR) is 79.2 cm³/mol. The molecule has 1 rings (SSSR count). The van der Waals surface area contributed by atoms with Crippen LogP contribution < -0.4 is 5.32 Å². The molecule has 1 saturated heterocycles. The van der Waals surface area contributed by atoms with Crippen molar-refractivity contribution >= 4 is 12.0 Å². The van der Waals surface area contributed by atoms with Gasteiger partial charge in [0.1, 0.15) is 6.04 Å². The number of carboxylic acids is 1. The van der Waals surface area contributed by atoms with E-state index in [1.54, 1.807) is 4.90 Å². The first-order valence-corrected chi connectivity index (χ1v) is 7.47. The predicted octanol–water partition coefficient (Wildman–Crippen LogP) is 0.336. The Morgan fingerprint density at radius 1 is 1.43 bits per heavy atom. The fourth-order valence-electron chi connectivity index (χ4n) is 2.63. The van der Waals surface area contributed by atoms with Gasteiger partial charge in [0.15, 0.2) is 0 Å². The van der Waals surface area contributed by atoms with Crippen molar-refractivity contribution in [3.05, 3.63) is 0 Å². The number of hydrogen-bond acceptors (Lipinski definition) is 4. The highest BCUT2D eigenvalue weighted by Gasteiger charge is 2.35. The Balaban J connectivity index is 2.64. The summed E-state index contributed by atoms with van der Waals surface area (Å²) in [6.45, 7) is 2.88. The number of nitrogens with zero attached hydrogens (tertiary/aromatic N) is 2. The highest BCUT2D eigenvalue weighted by Crippen LogP contribution is 2.19. The Kier molecular flexibility index (Phi) is 6.91. The SMILES string of the molecule is CCCC[C@H](NC(=O)N1CC(O)CC1CN(C)C)C(=O)O. The van der Waals surface area contributed by atoms with Gasteiger partial charge in [-0.05, 0) is 26.9 Å². The molecular formula is C14H27N3O4. The van der Waals surface area contributed by atoms with Gasteiger partial charge in [-0.3, -0.25) is 0 Å². The Morgan fingerprint density at radius 3 is 2.62 bits per heavy atom. The lowest BCUT2D eigenvalue weighted by Gasteiger charge is -2.28. The van der Waals surface area contributed by atoms with Gasteiger partial charge < -0.3 is 25.3 Å². The topological polar surface area (TPSA) is 93.1 Å². The van der Waals surface area contributed by atoms with E-state index in [1.165, 1.54) is 0 Å². The number of carbonyl (C=O) groups is 2. The number of carbonyl (C=O) groups excluding carboxylic acids is 1. The number of unbranched alkanes of at least 4 members (excludes halogenated alkanes) is 1. The second-order valence-corrected chi connectivity index (χ2v) is 5.94. The maximum absolute atomic E-state index is 12.3. The molecule has 2 amide bonds. The smallest absolute Gasteiger partial charge is 0.326 e. The first-order chi connectivity index (χ1) is 9.85. The molecule has 0 saturated carbocycles. The zero-order chi connectivity index (χ0) is 16.0. The lowest BCUT2D eigenvalue weighted by molar-refractivity contribution is -0.139. The Bertz CT molecular complexity index is 362. The molecule has 0 aromatic rings. The van der Waals surface area contributed by atoms with Crippen LogP contribution >= 0.6 is 0 Å². The molecule has 3 N–H and O–H groups in total. The van der Waals surface area contributed by atoms with Crippen LogP contribution in [0.2, 0.25) is 0 Å². The standard InChI is InChI=1S/C14H27N3O4/c1-4-5-6-12(13(19)20)15-14(21)17-9-11(18)7-10(17)8-16(2)3/h10-12,18H,4-9H2,1-3H3,(H,15,21)(H,19,20)/t10?,11?,12-/m0/s1. The van der Waals surface area contributed by atoms with Crippen LogP contribution in [0, 0.1) is 0 Å². The van der Waals surface area contributed by atoms with Gasteiger partial charge in [0.2, 0.25) is 0 Å². The molecule has 7 nitrogen and oxygen atoms in total. The summed E-state index contributed by atoms with van der Waals surface area (Å²) in [5.41, 5.74) is 0. The number of likely N-dealkylation sites (tertiary alicyclic amines) is 1. The van der Waals surface area contributed by atoms with Gasteiger partial charge in [-0.15, -0.1) is 0 Å². The lowest BCUT2D eigenvalue weighted by Crippen LogP contribution is -2.51. The molecule has 3 atom stereocenters. The molecule has 0 aliphatic carbocycles. The molecule has 0 aromatic heterocycles. The second kappa shape index (κ2) is 8.19. The van der Waals surface area contributed by atoms with E-state index in [1.807, 2.05) is 25.9 Å². The van der Waals surface area contributed by atoms with Crippen LogP contribution in [-0.2, 0) is 4.79 Å². The van der Waals surface area contributed by atoms with E-state index in [0.29, 0.717) is 19.4 Å². The van der Waals surface area contributed by atoms with Crippen molar-refractivity contribution in [2.75, 3.05) is 27.2 Å². The number of nitrogens with one attached hydrogen (secondary N) is 1. The summed E-state index contributed by atoms with van der Waals surface area (Å²) in [6, 6.07) is -1.35. The van der Waals surface area contributed by atoms with Gasteiger partial charge >= 0.3 is 12.0 Å². The minimum Gasteiger partial charge on any atom is -0.480 e. The third-order valence-corrected chi connectivity index (χ3v) is 3.67. The van der Waals surface area contributed by atoms with Gasteiger partial charge in [-0.25, -0.2) is 9.59 Å². The van der Waals surface area contributed by atoms with Crippen LogP contribution in [0.1, 0.15) is 32.6 Å². The monoisotopic (exact) mass is 301 g/mol. The molecule has 1 heterocycles. The van der Waals surface area contributed by atoms with Crippen LogP contribution in [0.3, 0.4) is 0 Å². The van der Waals surface area contributed by atoms with Gasteiger partial charge in [0.05, 0.1) is 6.10 Å². The summed E-state index contributed by atoms with van der Waals surface area (Å²) in [6.07, 6.45) is 2.04. The molecule has 7 heteroatoms. The van der Waals surface area contributed by atoms with Gasteiger partial charge in [0, 0.05) is 19.1 Å². The van der Waals surface area contributed by atoms with Crippen LogP contribution in [0.15, 0.2) is 0 Å². The summed E-state index contributed by atoms with van der Waals surface area (Å²) in [4.78, 5) is 27.0. The van der Waals surface area contributed by atoms with E-state index in [4.69, 9.17) is 5.11 Å². The molecule has 0 bridgehead atoms. The third-order valence-electron chi connectivity index (χ3n) is 3.67. The van der Waals surface area contributed by atoms with Gasteiger partial charge in [-0.1, -0.05) is 19.8 Å². The van der Waals surface area contributed by atoms with Crippen LogP contribution in [-0.4, -0.2) is 77.4 Å². The average Bonchev–Trinajstić information content (AvgIpc) is 2.73. The van der Waals surface area contributed by atoms with Gasteiger partial charge in [-0.2, -0.15) is 0 Å². The molecule has 1 aliphatic heterocycles. The van der Waals surface area contributed by atoms with Crippen molar-refractivity contribution in [2.45, 2.75) is 50.8 Å². The summed E-state index contributed by atoms with van der Waals surface area (Å²) < 4.78 is 0. The number of amides is 2. The fourth-order valence-corrected chi connectivity index (χ4v) is 2.63. The number of hydrogen-bond donors (Lipinski definition) is 3. The van der Waals surface area contributed by atoms with E-state index >= 15 is 0 Å². The Hall–Kier alpha value is -1.34. The summed E-state index contributed by atoms with van der Waals surface area (Å²) >= 11 is 0. The molecule has 0 radical (unpaired) electrons. The van der Waals surface area contributed by atoms with Crippen molar-refractivity contribution in [2.24, 2.45) is 0 Å². The molecular weight excluding hydrogens is 274 g/mol. The average molecular weight is 301 g/mol. The maximum Gasteiger partial charge on any atom is 0.326 e. The quantitative estimate of drug-likeness (QED) is 0.630. The zero-order valence-electron chi connectivity index (χ0n) is 13.1. The summed E-state index contributed by atoms with van der Waals surface area (Å²) in [5, 5.41) is 21.5. The first-order valence-electron chi connectivity index (χ1n) is 7.47. The summed E-state index contributed by atoms with van der Waals surface area (Å²) in [5.74, 6) is -1.01. The van der Waals surface area contributed by atoms with Crippen molar-refractivity contribution in [3.8, 4) is 0 Å². The van der Waals surface area contributed by atoms with E-state index in [9.17, 15) is 14.7 Å². The number of aliphatic hydroxyl groups is 1. The van der Waals surface area contributed by atoms with Crippen LogP contribution in [0.5, 0.6) is 0 Å². The highest BCUT2D eigenvalue weighted by molar-refractivity contribution is 5.82. The Labute approximate surface area is 125 Å². The second-order valence-electron chi connectivity index (χ2n) is 5.94. The lowest BCUT2D eigenvalue weighted by atomic mass is 10.1. The minimum absolute atomic E-state index is 0.0874. The number of likely N-dealkylation sites (N-methyl/N-ethyl adjacent to an activating group) is 1. The number of carboxylic acid groups (broad SMARTS) is 1.